The maximum absolute atomic E-state index is 12.2. The lowest BCUT2D eigenvalue weighted by molar-refractivity contribution is 0.0734. The summed E-state index contributed by atoms with van der Waals surface area (Å²) in [7, 11) is 2.99. The molecule has 0 aliphatic rings. The maximum atomic E-state index is 12.2. The van der Waals surface area contributed by atoms with Crippen molar-refractivity contribution in [3.63, 3.8) is 0 Å². The van der Waals surface area contributed by atoms with Crippen LogP contribution in [0.25, 0.3) is 0 Å². The number of carbonyl (C=O) groups is 1. The van der Waals surface area contributed by atoms with Crippen LogP contribution >= 0.6 is 15.9 Å². The molecule has 0 fully saturated rings. The molecule has 0 aliphatic carbocycles. The van der Waals surface area contributed by atoms with Crippen LogP contribution in [0.3, 0.4) is 0 Å². The number of carbonyl (C=O) groups excluding carboxylic acids is 1. The van der Waals surface area contributed by atoms with Gasteiger partial charge >= 0.3 is 5.97 Å². The highest BCUT2D eigenvalue weighted by molar-refractivity contribution is 9.10. The summed E-state index contributed by atoms with van der Waals surface area (Å²) in [6.07, 6.45) is 0. The van der Waals surface area contributed by atoms with Gasteiger partial charge in [0.25, 0.3) is 0 Å². The Morgan fingerprint density at radius 2 is 1.64 bits per heavy atom. The van der Waals surface area contributed by atoms with Crippen molar-refractivity contribution in [3.8, 4) is 23.3 Å². The predicted octanol–water partition coefficient (Wildman–Crippen LogP) is 3.56. The zero-order valence-corrected chi connectivity index (χ0v) is 13.5. The Morgan fingerprint density at radius 3 is 2.09 bits per heavy atom. The Hall–Kier alpha value is -2.52. The van der Waals surface area contributed by atoms with E-state index in [0.717, 1.165) is 0 Å². The van der Waals surface area contributed by atoms with E-state index in [-0.39, 0.29) is 0 Å². The molecule has 2 rings (SSSR count). The SMILES string of the molecule is COc1cc(C(=O)Oc2ccc(C#N)cc2)cc(OC)c1Br. The molecule has 0 atom stereocenters. The molecule has 5 nitrogen and oxygen atoms in total. The van der Waals surface area contributed by atoms with Crippen molar-refractivity contribution in [2.24, 2.45) is 0 Å². The summed E-state index contributed by atoms with van der Waals surface area (Å²) in [5.41, 5.74) is 0.785. The molecule has 0 radical (unpaired) electrons. The van der Waals surface area contributed by atoms with E-state index in [0.29, 0.717) is 32.8 Å². The lowest BCUT2D eigenvalue weighted by Gasteiger charge is -2.11. The molecule has 2 aromatic rings. The molecule has 0 heterocycles. The molecule has 112 valence electrons. The number of methoxy groups -OCH3 is 2. The number of ether oxygens (including phenoxy) is 3. The first kappa shape index (κ1) is 15.9. The van der Waals surface area contributed by atoms with Gasteiger partial charge in [-0.15, -0.1) is 0 Å². The van der Waals surface area contributed by atoms with Gasteiger partial charge in [-0.05, 0) is 52.3 Å². The Labute approximate surface area is 136 Å². The van der Waals surface area contributed by atoms with Crippen LogP contribution in [0.15, 0.2) is 40.9 Å². The van der Waals surface area contributed by atoms with E-state index in [9.17, 15) is 4.79 Å². The van der Waals surface area contributed by atoms with Gasteiger partial charge in [-0.1, -0.05) is 0 Å². The van der Waals surface area contributed by atoms with Crippen LogP contribution in [0.5, 0.6) is 17.2 Å². The van der Waals surface area contributed by atoms with Gasteiger partial charge in [0.05, 0.1) is 31.4 Å². The summed E-state index contributed by atoms with van der Waals surface area (Å²) >= 11 is 3.33. The van der Waals surface area contributed by atoms with Gasteiger partial charge in [0.1, 0.15) is 21.7 Å². The van der Waals surface area contributed by atoms with Crippen molar-refractivity contribution < 1.29 is 19.0 Å². The second-order valence-corrected chi connectivity index (χ2v) is 5.01. The molecule has 0 unspecified atom stereocenters. The van der Waals surface area contributed by atoms with E-state index >= 15 is 0 Å². The van der Waals surface area contributed by atoms with Gasteiger partial charge in [-0.25, -0.2) is 4.79 Å². The predicted molar refractivity (Wildman–Crippen MR) is 83.4 cm³/mol. The fourth-order valence-corrected chi connectivity index (χ4v) is 2.30. The largest absolute Gasteiger partial charge is 0.495 e. The number of rotatable bonds is 4. The van der Waals surface area contributed by atoms with Gasteiger partial charge in [0, 0.05) is 0 Å². The summed E-state index contributed by atoms with van der Waals surface area (Å²) in [4.78, 5) is 12.2. The molecule has 2 aromatic carbocycles. The Kier molecular flexibility index (Phi) is 5.02. The molecule has 22 heavy (non-hydrogen) atoms. The quantitative estimate of drug-likeness (QED) is 0.615. The number of halogens is 1. The van der Waals surface area contributed by atoms with E-state index in [1.165, 1.54) is 14.2 Å². The van der Waals surface area contributed by atoms with Crippen molar-refractivity contribution >= 4 is 21.9 Å². The fraction of sp³-hybridized carbons (Fsp3) is 0.125. The van der Waals surface area contributed by atoms with Crippen LogP contribution in [-0.4, -0.2) is 20.2 Å². The van der Waals surface area contributed by atoms with Crippen molar-refractivity contribution in [1.29, 1.82) is 5.26 Å². The smallest absolute Gasteiger partial charge is 0.343 e. The molecule has 0 amide bonds. The van der Waals surface area contributed by atoms with Crippen LogP contribution in [0.1, 0.15) is 15.9 Å². The Bertz CT molecular complexity index is 710. The minimum Gasteiger partial charge on any atom is -0.495 e. The van der Waals surface area contributed by atoms with Crippen LogP contribution in [0.2, 0.25) is 0 Å². The van der Waals surface area contributed by atoms with Gasteiger partial charge in [-0.3, -0.25) is 0 Å². The second kappa shape index (κ2) is 6.96. The second-order valence-electron chi connectivity index (χ2n) is 4.22. The van der Waals surface area contributed by atoms with Crippen molar-refractivity contribution in [2.45, 2.75) is 0 Å². The topological polar surface area (TPSA) is 68.5 Å². The standard InChI is InChI=1S/C16H12BrNO4/c1-20-13-7-11(8-14(21-2)15(13)17)16(19)22-12-5-3-10(9-18)4-6-12/h3-8H,1-2H3. The maximum Gasteiger partial charge on any atom is 0.343 e. The molecule has 0 aromatic heterocycles. The molecule has 0 saturated carbocycles. The third kappa shape index (κ3) is 3.38. The van der Waals surface area contributed by atoms with E-state index in [4.69, 9.17) is 19.5 Å². The van der Waals surface area contributed by atoms with Crippen molar-refractivity contribution in [1.82, 2.24) is 0 Å². The van der Waals surface area contributed by atoms with Gasteiger partial charge in [-0.2, -0.15) is 5.26 Å². The van der Waals surface area contributed by atoms with Gasteiger partial charge < -0.3 is 14.2 Å². The lowest BCUT2D eigenvalue weighted by Crippen LogP contribution is -2.09. The first-order chi connectivity index (χ1) is 10.6. The number of hydrogen-bond acceptors (Lipinski definition) is 5. The zero-order chi connectivity index (χ0) is 16.1. The number of nitriles is 1. The summed E-state index contributed by atoms with van der Waals surface area (Å²) in [6, 6.07) is 11.4. The molecule has 0 aliphatic heterocycles. The zero-order valence-electron chi connectivity index (χ0n) is 11.9. The monoisotopic (exact) mass is 361 g/mol. The molecular weight excluding hydrogens is 350 g/mol. The van der Waals surface area contributed by atoms with Crippen LogP contribution in [0, 0.1) is 11.3 Å². The number of nitrogens with zero attached hydrogens (tertiary/aromatic N) is 1. The van der Waals surface area contributed by atoms with Crippen molar-refractivity contribution in [2.75, 3.05) is 14.2 Å². The van der Waals surface area contributed by atoms with E-state index in [1.54, 1.807) is 36.4 Å². The third-order valence-electron chi connectivity index (χ3n) is 2.88. The van der Waals surface area contributed by atoms with Gasteiger partial charge in [0.2, 0.25) is 0 Å². The summed E-state index contributed by atoms with van der Waals surface area (Å²) in [5.74, 6) is 0.732. The molecular formula is C16H12BrNO4. The highest BCUT2D eigenvalue weighted by Crippen LogP contribution is 2.35. The first-order valence-electron chi connectivity index (χ1n) is 6.23. The minimum absolute atomic E-state index is 0.293. The number of esters is 1. The fourth-order valence-electron chi connectivity index (χ4n) is 1.75. The summed E-state index contributed by atoms with van der Waals surface area (Å²) in [6.45, 7) is 0. The average Bonchev–Trinajstić information content (AvgIpc) is 2.55. The molecule has 6 heteroatoms. The molecule has 0 N–H and O–H groups in total. The highest BCUT2D eigenvalue weighted by Gasteiger charge is 2.16. The molecule has 0 spiro atoms. The van der Waals surface area contributed by atoms with E-state index in [2.05, 4.69) is 15.9 Å². The number of benzene rings is 2. The van der Waals surface area contributed by atoms with Crippen LogP contribution < -0.4 is 14.2 Å². The third-order valence-corrected chi connectivity index (χ3v) is 3.66. The van der Waals surface area contributed by atoms with Crippen LogP contribution in [0.4, 0.5) is 0 Å². The summed E-state index contributed by atoms with van der Waals surface area (Å²) in [5, 5.41) is 8.74. The molecule has 0 saturated heterocycles. The minimum atomic E-state index is -0.547. The van der Waals surface area contributed by atoms with E-state index < -0.39 is 5.97 Å². The first-order valence-corrected chi connectivity index (χ1v) is 7.02. The summed E-state index contributed by atoms with van der Waals surface area (Å²) < 4.78 is 16.3. The number of hydrogen-bond donors (Lipinski definition) is 0. The average molecular weight is 362 g/mol. The highest BCUT2D eigenvalue weighted by atomic mass is 79.9. The Balaban J connectivity index is 2.27. The van der Waals surface area contributed by atoms with Crippen LogP contribution in [-0.2, 0) is 0 Å². The Morgan fingerprint density at radius 1 is 1.09 bits per heavy atom. The lowest BCUT2D eigenvalue weighted by atomic mass is 10.2. The van der Waals surface area contributed by atoms with Gasteiger partial charge in [0.15, 0.2) is 0 Å². The van der Waals surface area contributed by atoms with E-state index in [1.807, 2.05) is 6.07 Å². The van der Waals surface area contributed by atoms with Crippen molar-refractivity contribution in [3.05, 3.63) is 52.0 Å². The molecule has 0 bridgehead atoms. The normalized spacial score (nSPS) is 9.73.